The van der Waals surface area contributed by atoms with Gasteiger partial charge in [-0.25, -0.2) is 0 Å². The summed E-state index contributed by atoms with van der Waals surface area (Å²) in [5.74, 6) is 0. The third-order valence-electron chi connectivity index (χ3n) is 0. The molecule has 0 bridgehead atoms. The molecule has 0 N–H and O–H groups in total. The van der Waals surface area contributed by atoms with Crippen LogP contribution in [-0.2, 0) is 22.4 Å². The van der Waals surface area contributed by atoms with Crippen LogP contribution in [0.1, 0.15) is 0 Å². The third-order valence-corrected chi connectivity index (χ3v) is 0. The minimum atomic E-state index is 0. The molecule has 0 saturated heterocycles. The Morgan fingerprint density at radius 3 is 1.00 bits per heavy atom. The summed E-state index contributed by atoms with van der Waals surface area (Å²) in [6.45, 7) is 0. The quantitative estimate of drug-likeness (QED) is 0.418. The Kier molecular flexibility index (Phi) is 107. The first-order valence-corrected chi connectivity index (χ1v) is 0. The molecule has 0 nitrogen and oxygen atoms in total. The zero-order valence-electron chi connectivity index (χ0n) is 1.01. The van der Waals surface area contributed by atoms with Crippen molar-refractivity contribution >= 4 is 79.0 Å². The SMILES string of the molecule is [Ag].[AlH3].[CaH2].[SnH2]. The second-order valence-electron chi connectivity index (χ2n) is 0. The van der Waals surface area contributed by atoms with Crippen LogP contribution in [0.4, 0.5) is 0 Å². The monoisotopic (exact) mass is 301 g/mol. The summed E-state index contributed by atoms with van der Waals surface area (Å²) < 4.78 is 0. The van der Waals surface area contributed by atoms with Gasteiger partial charge < -0.3 is 0 Å². The van der Waals surface area contributed by atoms with E-state index in [9.17, 15) is 0 Å². The van der Waals surface area contributed by atoms with Crippen LogP contribution in [0, 0.1) is 0 Å². The maximum atomic E-state index is 0. The van der Waals surface area contributed by atoms with Gasteiger partial charge in [0, 0.05) is 22.4 Å². The molecule has 0 aliphatic carbocycles. The first kappa shape index (κ1) is 26.5. The zero-order chi connectivity index (χ0) is 0. The second-order valence-corrected chi connectivity index (χ2v) is 0. The van der Waals surface area contributed by atoms with E-state index in [0.717, 1.165) is 0 Å². The van der Waals surface area contributed by atoms with Gasteiger partial charge in [0.2, 0.25) is 0 Å². The van der Waals surface area contributed by atoms with Gasteiger partial charge in [0.05, 0.1) is 0 Å². The summed E-state index contributed by atoms with van der Waals surface area (Å²) in [7, 11) is 0. The summed E-state index contributed by atoms with van der Waals surface area (Å²) in [5, 5.41) is 0. The fraction of sp³-hybridized carbons (Fsp3) is 0. The summed E-state index contributed by atoms with van der Waals surface area (Å²) >= 11 is 0. The second kappa shape index (κ2) is 16.2. The van der Waals surface area contributed by atoms with Crippen LogP contribution in [0.3, 0.4) is 0 Å². The van der Waals surface area contributed by atoms with E-state index in [1.165, 1.54) is 0 Å². The van der Waals surface area contributed by atoms with E-state index in [1.807, 2.05) is 0 Å². The van der Waals surface area contributed by atoms with Crippen LogP contribution in [0.5, 0.6) is 0 Å². The molecule has 4 heavy (non-hydrogen) atoms. The minimum absolute atomic E-state index is 0. The summed E-state index contributed by atoms with van der Waals surface area (Å²) in [6, 6.07) is 0. The van der Waals surface area contributed by atoms with Crippen molar-refractivity contribution in [2.45, 2.75) is 0 Å². The standard InChI is InChI=1S/Ag.Al.Ca.Sn.7H. The van der Waals surface area contributed by atoms with Crippen LogP contribution in [0.25, 0.3) is 0 Å². The van der Waals surface area contributed by atoms with E-state index in [1.54, 1.807) is 0 Å². The molecule has 0 spiro atoms. The van der Waals surface area contributed by atoms with Gasteiger partial charge in [0.25, 0.3) is 0 Å². The molecule has 0 aromatic rings. The van der Waals surface area contributed by atoms with Crippen LogP contribution in [0.15, 0.2) is 0 Å². The van der Waals surface area contributed by atoms with Crippen LogP contribution in [0.2, 0.25) is 0 Å². The van der Waals surface area contributed by atoms with Crippen molar-refractivity contribution in [3.05, 3.63) is 0 Å². The van der Waals surface area contributed by atoms with Gasteiger partial charge >= 0.3 is 61.6 Å². The van der Waals surface area contributed by atoms with Crippen molar-refractivity contribution in [1.29, 1.82) is 0 Å². The molecular weight excluding hydrogens is 294 g/mol. The number of hydrogen-bond donors (Lipinski definition) is 0. The molecule has 0 rings (SSSR count). The van der Waals surface area contributed by atoms with Crippen molar-refractivity contribution in [3.8, 4) is 0 Å². The van der Waals surface area contributed by atoms with Gasteiger partial charge in [0.15, 0.2) is 17.4 Å². The van der Waals surface area contributed by atoms with Gasteiger partial charge in [-0.3, -0.25) is 0 Å². The maximum absolute atomic E-state index is 0. The molecule has 0 aromatic heterocycles. The molecule has 27 valence electrons. The molecule has 0 heterocycles. The van der Waals surface area contributed by atoms with E-state index in [2.05, 4.69) is 0 Å². The van der Waals surface area contributed by atoms with E-state index < -0.39 is 0 Å². The molecule has 0 atom stereocenters. The molecule has 0 unspecified atom stereocenters. The Morgan fingerprint density at radius 2 is 1.00 bits per heavy atom. The summed E-state index contributed by atoms with van der Waals surface area (Å²) in [5.41, 5.74) is 0. The van der Waals surface area contributed by atoms with Crippen molar-refractivity contribution in [1.82, 2.24) is 0 Å². The molecule has 4 heteroatoms. The fourth-order valence-electron chi connectivity index (χ4n) is 0. The summed E-state index contributed by atoms with van der Waals surface area (Å²) in [4.78, 5) is 0. The third kappa shape index (κ3) is 9.01. The Bertz CT molecular complexity index is 8.00. The van der Waals surface area contributed by atoms with Crippen LogP contribution < -0.4 is 0 Å². The van der Waals surface area contributed by atoms with E-state index in [0.29, 0.717) is 0 Å². The number of hydrogen-bond acceptors (Lipinski definition) is 0. The van der Waals surface area contributed by atoms with Gasteiger partial charge in [-0.05, 0) is 0 Å². The molecular formula is H7AgAlCaSn. The van der Waals surface area contributed by atoms with Gasteiger partial charge in [0.1, 0.15) is 0 Å². The Labute approximate surface area is 99.1 Å². The number of rotatable bonds is 0. The van der Waals surface area contributed by atoms with E-state index >= 15 is 0 Å². The average Bonchev–Trinajstić information content (AvgIpc) is 0. The van der Waals surface area contributed by atoms with Crippen LogP contribution >= 0.6 is 0 Å². The Morgan fingerprint density at radius 1 is 1.00 bits per heavy atom. The van der Waals surface area contributed by atoms with Crippen molar-refractivity contribution in [2.75, 3.05) is 0 Å². The first-order valence-electron chi connectivity index (χ1n) is 0. The zero-order valence-corrected chi connectivity index (χ0v) is 6.53. The van der Waals surface area contributed by atoms with E-state index in [-0.39, 0.29) is 101 Å². The van der Waals surface area contributed by atoms with Gasteiger partial charge in [-0.1, -0.05) is 0 Å². The summed E-state index contributed by atoms with van der Waals surface area (Å²) in [6.07, 6.45) is 0. The molecule has 0 fully saturated rings. The predicted octanol–water partition coefficient (Wildman–Crippen LogP) is -3.02. The molecule has 0 amide bonds. The van der Waals surface area contributed by atoms with Crippen molar-refractivity contribution in [3.63, 3.8) is 0 Å². The van der Waals surface area contributed by atoms with E-state index in [4.69, 9.17) is 0 Å². The normalized spacial score (nSPS) is 0. The Hall–Kier alpha value is 3.33. The fourth-order valence-corrected chi connectivity index (χ4v) is 0. The van der Waals surface area contributed by atoms with Crippen molar-refractivity contribution < 1.29 is 22.4 Å². The molecule has 3 radical (unpaired) electrons. The van der Waals surface area contributed by atoms with Gasteiger partial charge in [-0.2, -0.15) is 0 Å². The molecule has 0 saturated carbocycles. The van der Waals surface area contributed by atoms with Crippen molar-refractivity contribution in [2.24, 2.45) is 0 Å². The topological polar surface area (TPSA) is 0 Å². The predicted molar refractivity (Wildman–Crippen MR) is 27.0 cm³/mol. The molecule has 0 aliphatic heterocycles. The Balaban J connectivity index is 0. The van der Waals surface area contributed by atoms with Crippen LogP contribution in [-0.4, -0.2) is 79.0 Å². The molecule has 0 aliphatic rings. The first-order chi connectivity index (χ1) is 0. The average molecular weight is 301 g/mol. The van der Waals surface area contributed by atoms with Gasteiger partial charge in [-0.15, -0.1) is 0 Å². The molecule has 0 aromatic carbocycles.